The maximum Gasteiger partial charge on any atom is 0.149 e. The zero-order valence-corrected chi connectivity index (χ0v) is 11.0. The van der Waals surface area contributed by atoms with Gasteiger partial charge in [0.15, 0.2) is 0 Å². The van der Waals surface area contributed by atoms with Gasteiger partial charge in [0, 0.05) is 6.54 Å². The van der Waals surface area contributed by atoms with Crippen LogP contribution in [0.25, 0.3) is 10.8 Å². The number of hydrogen-bond acceptors (Lipinski definition) is 4. The van der Waals surface area contributed by atoms with Gasteiger partial charge in [0.25, 0.3) is 0 Å². The molecule has 4 nitrogen and oxygen atoms in total. The van der Waals surface area contributed by atoms with Crippen LogP contribution in [0.2, 0.25) is 0 Å². The average Bonchev–Trinajstić information content (AvgIpc) is 2.48. The molecule has 0 saturated carbocycles. The van der Waals surface area contributed by atoms with Gasteiger partial charge in [-0.1, -0.05) is 42.5 Å². The van der Waals surface area contributed by atoms with Crippen molar-refractivity contribution >= 4 is 28.1 Å². The highest BCUT2D eigenvalue weighted by atomic mass is 15.0. The number of aromatic nitrogens is 1. The van der Waals surface area contributed by atoms with Gasteiger partial charge in [-0.15, -0.1) is 0 Å². The predicted octanol–water partition coefficient (Wildman–Crippen LogP) is 3.01. The fraction of sp³-hybridized carbons (Fsp3) is 0.0625. The zero-order valence-electron chi connectivity index (χ0n) is 11.0. The minimum absolute atomic E-state index is 0.355. The van der Waals surface area contributed by atoms with E-state index < -0.39 is 0 Å². The Labute approximate surface area is 117 Å². The molecule has 100 valence electrons. The van der Waals surface area contributed by atoms with Gasteiger partial charge in [0.2, 0.25) is 0 Å². The Balaban J connectivity index is 1.85. The molecule has 0 radical (unpaired) electrons. The monoisotopic (exact) mass is 264 g/mol. The van der Waals surface area contributed by atoms with Gasteiger partial charge in [-0.2, -0.15) is 0 Å². The molecule has 1 aromatic heterocycles. The van der Waals surface area contributed by atoms with E-state index >= 15 is 0 Å². The third kappa shape index (κ3) is 2.36. The molecule has 4 heteroatoms. The molecule has 0 aliphatic heterocycles. The number of pyridine rings is 1. The molecule has 0 aliphatic carbocycles. The summed E-state index contributed by atoms with van der Waals surface area (Å²) in [5.41, 5.74) is 13.1. The third-order valence-corrected chi connectivity index (χ3v) is 3.30. The number of nitrogens with one attached hydrogen (secondary N) is 1. The standard InChI is InChI=1S/C16H16N4/c17-14-8-9-15(20-16(14)18)19-10-12-6-3-5-11-4-1-2-7-13(11)12/h1-9H,10,17H2,(H3,18,19,20). The van der Waals surface area contributed by atoms with E-state index in [0.29, 0.717) is 18.1 Å². The van der Waals surface area contributed by atoms with Gasteiger partial charge in [-0.05, 0) is 28.5 Å². The van der Waals surface area contributed by atoms with Crippen molar-refractivity contribution in [3.8, 4) is 0 Å². The molecule has 0 fully saturated rings. The lowest BCUT2D eigenvalue weighted by atomic mass is 10.0. The van der Waals surface area contributed by atoms with E-state index in [1.165, 1.54) is 16.3 Å². The van der Waals surface area contributed by atoms with E-state index in [1.807, 2.05) is 18.2 Å². The van der Waals surface area contributed by atoms with Gasteiger partial charge >= 0.3 is 0 Å². The Bertz CT molecular complexity index is 747. The summed E-state index contributed by atoms with van der Waals surface area (Å²) in [5, 5.41) is 5.75. The number of benzene rings is 2. The lowest BCUT2D eigenvalue weighted by Crippen LogP contribution is -2.05. The second-order valence-electron chi connectivity index (χ2n) is 4.66. The number of hydrogen-bond donors (Lipinski definition) is 3. The quantitative estimate of drug-likeness (QED) is 0.679. The number of fused-ring (bicyclic) bond motifs is 1. The largest absolute Gasteiger partial charge is 0.396 e. The van der Waals surface area contributed by atoms with Crippen LogP contribution < -0.4 is 16.8 Å². The fourth-order valence-electron chi connectivity index (χ4n) is 2.22. The first-order valence-corrected chi connectivity index (χ1v) is 6.46. The summed E-state index contributed by atoms with van der Waals surface area (Å²) >= 11 is 0. The van der Waals surface area contributed by atoms with Crippen LogP contribution in [0, 0.1) is 0 Å². The Morgan fingerprint density at radius 1 is 0.900 bits per heavy atom. The minimum atomic E-state index is 0.355. The second kappa shape index (κ2) is 5.09. The Hall–Kier alpha value is -2.75. The van der Waals surface area contributed by atoms with Crippen LogP contribution in [-0.2, 0) is 6.54 Å². The lowest BCUT2D eigenvalue weighted by molar-refractivity contribution is 1.13. The highest BCUT2D eigenvalue weighted by Gasteiger charge is 2.02. The molecular formula is C16H16N4. The van der Waals surface area contributed by atoms with Crippen LogP contribution in [0.5, 0.6) is 0 Å². The number of rotatable bonds is 3. The lowest BCUT2D eigenvalue weighted by Gasteiger charge is -2.10. The van der Waals surface area contributed by atoms with Crippen LogP contribution in [0.4, 0.5) is 17.3 Å². The van der Waals surface area contributed by atoms with Gasteiger partial charge in [-0.25, -0.2) is 4.98 Å². The van der Waals surface area contributed by atoms with E-state index in [4.69, 9.17) is 11.5 Å². The molecule has 2 aromatic carbocycles. The Morgan fingerprint density at radius 3 is 2.55 bits per heavy atom. The van der Waals surface area contributed by atoms with Crippen molar-refractivity contribution in [2.24, 2.45) is 0 Å². The molecule has 1 heterocycles. The smallest absolute Gasteiger partial charge is 0.149 e. The van der Waals surface area contributed by atoms with Crippen LogP contribution in [0.15, 0.2) is 54.6 Å². The SMILES string of the molecule is Nc1ccc(NCc2cccc3ccccc23)nc1N. The summed E-state index contributed by atoms with van der Waals surface area (Å²) in [6.45, 7) is 0.692. The number of nitrogens with zero attached hydrogens (tertiary/aromatic N) is 1. The van der Waals surface area contributed by atoms with Crippen molar-refractivity contribution in [3.63, 3.8) is 0 Å². The van der Waals surface area contributed by atoms with Gasteiger partial charge in [0.1, 0.15) is 11.6 Å². The molecule has 3 aromatic rings. The molecule has 0 unspecified atom stereocenters. The molecule has 0 amide bonds. The average molecular weight is 264 g/mol. The fourth-order valence-corrected chi connectivity index (χ4v) is 2.22. The number of nitrogens with two attached hydrogens (primary N) is 2. The molecule has 0 spiro atoms. The van der Waals surface area contributed by atoms with Crippen molar-refractivity contribution in [3.05, 3.63) is 60.2 Å². The summed E-state index contributed by atoms with van der Waals surface area (Å²) in [4.78, 5) is 4.21. The van der Waals surface area contributed by atoms with Gasteiger partial charge < -0.3 is 16.8 Å². The summed E-state index contributed by atoms with van der Waals surface area (Å²) in [7, 11) is 0. The van der Waals surface area contributed by atoms with Gasteiger partial charge in [-0.3, -0.25) is 0 Å². The Morgan fingerprint density at radius 2 is 1.70 bits per heavy atom. The maximum absolute atomic E-state index is 5.70. The predicted molar refractivity (Wildman–Crippen MR) is 84.3 cm³/mol. The summed E-state index contributed by atoms with van der Waals surface area (Å²) < 4.78 is 0. The van der Waals surface area contributed by atoms with Crippen LogP contribution in [-0.4, -0.2) is 4.98 Å². The van der Waals surface area contributed by atoms with Crippen LogP contribution in [0.3, 0.4) is 0 Å². The first-order chi connectivity index (χ1) is 9.74. The van der Waals surface area contributed by atoms with Crippen molar-refractivity contribution in [2.45, 2.75) is 6.54 Å². The zero-order chi connectivity index (χ0) is 13.9. The number of nitrogen functional groups attached to an aromatic ring is 2. The maximum atomic E-state index is 5.70. The van der Waals surface area contributed by atoms with Crippen LogP contribution >= 0.6 is 0 Å². The molecule has 5 N–H and O–H groups in total. The normalized spacial score (nSPS) is 10.6. The third-order valence-electron chi connectivity index (χ3n) is 3.30. The molecule has 3 rings (SSSR count). The van der Waals surface area contributed by atoms with E-state index in [-0.39, 0.29) is 0 Å². The summed E-state index contributed by atoms with van der Waals surface area (Å²) in [6, 6.07) is 18.2. The highest BCUT2D eigenvalue weighted by molar-refractivity contribution is 5.85. The van der Waals surface area contributed by atoms with E-state index in [9.17, 15) is 0 Å². The molecule has 0 saturated heterocycles. The number of anilines is 3. The van der Waals surface area contributed by atoms with Crippen molar-refractivity contribution < 1.29 is 0 Å². The van der Waals surface area contributed by atoms with E-state index in [0.717, 1.165) is 5.82 Å². The second-order valence-corrected chi connectivity index (χ2v) is 4.66. The van der Waals surface area contributed by atoms with E-state index in [2.05, 4.69) is 40.6 Å². The van der Waals surface area contributed by atoms with E-state index in [1.54, 1.807) is 6.07 Å². The summed E-state index contributed by atoms with van der Waals surface area (Å²) in [5.74, 6) is 1.08. The van der Waals surface area contributed by atoms with Crippen molar-refractivity contribution in [1.82, 2.24) is 4.98 Å². The first-order valence-electron chi connectivity index (χ1n) is 6.46. The molecule has 20 heavy (non-hydrogen) atoms. The molecule has 0 bridgehead atoms. The Kier molecular flexibility index (Phi) is 3.13. The highest BCUT2D eigenvalue weighted by Crippen LogP contribution is 2.20. The van der Waals surface area contributed by atoms with Crippen LogP contribution in [0.1, 0.15) is 5.56 Å². The minimum Gasteiger partial charge on any atom is -0.396 e. The molecule has 0 aliphatic rings. The molecule has 0 atom stereocenters. The topological polar surface area (TPSA) is 77.0 Å². The van der Waals surface area contributed by atoms with Gasteiger partial charge in [0.05, 0.1) is 5.69 Å². The first kappa shape index (κ1) is 12.3. The van der Waals surface area contributed by atoms with Crippen molar-refractivity contribution in [2.75, 3.05) is 16.8 Å². The van der Waals surface area contributed by atoms with Crippen molar-refractivity contribution in [1.29, 1.82) is 0 Å². The summed E-state index contributed by atoms with van der Waals surface area (Å²) in [6.07, 6.45) is 0. The molecular weight excluding hydrogens is 248 g/mol.